The van der Waals surface area contributed by atoms with Gasteiger partial charge in [0.2, 0.25) is 5.95 Å². The molecular weight excluding hydrogens is 509 g/mol. The largest absolute Gasteiger partial charge is 0.493 e. The quantitative estimate of drug-likeness (QED) is 0.284. The predicted molar refractivity (Wildman–Crippen MR) is 121 cm³/mol. The van der Waals surface area contributed by atoms with Crippen LogP contribution in [0.5, 0.6) is 0 Å². The van der Waals surface area contributed by atoms with Gasteiger partial charge in [-0.2, -0.15) is 23.6 Å². The zero-order valence-corrected chi connectivity index (χ0v) is 18.7. The zero-order chi connectivity index (χ0) is 26.0. The maximum atomic E-state index is 12.2. The summed E-state index contributed by atoms with van der Waals surface area (Å²) in [6.45, 7) is 1.78. The number of aromatic nitrogens is 3. The van der Waals surface area contributed by atoms with Gasteiger partial charge in [-0.05, 0) is 43.3 Å². The van der Waals surface area contributed by atoms with Crippen molar-refractivity contribution in [1.29, 1.82) is 0 Å². The van der Waals surface area contributed by atoms with Gasteiger partial charge in [-0.25, -0.2) is 14.6 Å². The van der Waals surface area contributed by atoms with Gasteiger partial charge in [0.05, 0.1) is 16.1 Å². The number of oxazole rings is 1. The smallest absolute Gasteiger partial charge is 0.408 e. The number of aromatic amines is 1. The van der Waals surface area contributed by atoms with E-state index in [0.717, 1.165) is 0 Å². The number of benzene rings is 2. The SMILES string of the molecule is Cc1cnc(Nc2ccc(C(=O)NOC(=O)C(F)(F)F)c(Cl)c2)nc1Nc1ccc2oc(=O)[nH]c2c1. The third-order valence-corrected chi connectivity index (χ3v) is 4.90. The molecule has 2 aromatic carbocycles. The van der Waals surface area contributed by atoms with Gasteiger partial charge in [0.25, 0.3) is 5.91 Å². The van der Waals surface area contributed by atoms with Gasteiger partial charge >= 0.3 is 17.9 Å². The molecule has 36 heavy (non-hydrogen) atoms. The summed E-state index contributed by atoms with van der Waals surface area (Å²) in [5.41, 5.74) is 3.75. The fraction of sp³-hybridized carbons (Fsp3) is 0.0952. The summed E-state index contributed by atoms with van der Waals surface area (Å²) in [6, 6.07) is 8.89. The molecule has 4 aromatic rings. The number of alkyl halides is 3. The highest BCUT2D eigenvalue weighted by Crippen LogP contribution is 2.26. The van der Waals surface area contributed by atoms with E-state index >= 15 is 0 Å². The number of fused-ring (bicyclic) bond motifs is 1. The lowest BCUT2D eigenvalue weighted by atomic mass is 10.2. The van der Waals surface area contributed by atoms with Crippen LogP contribution < -0.4 is 21.9 Å². The van der Waals surface area contributed by atoms with Gasteiger partial charge < -0.3 is 19.9 Å². The number of carbonyl (C=O) groups is 2. The lowest BCUT2D eigenvalue weighted by molar-refractivity contribution is -0.204. The van der Waals surface area contributed by atoms with Crippen LogP contribution in [-0.4, -0.2) is 33.0 Å². The number of nitrogens with zero attached hydrogens (tertiary/aromatic N) is 2. The minimum atomic E-state index is -5.27. The molecule has 0 bridgehead atoms. The van der Waals surface area contributed by atoms with E-state index < -0.39 is 23.8 Å². The van der Waals surface area contributed by atoms with Crippen molar-refractivity contribution >= 4 is 57.7 Å². The average molecular weight is 523 g/mol. The monoisotopic (exact) mass is 522 g/mol. The van der Waals surface area contributed by atoms with E-state index in [2.05, 4.69) is 30.4 Å². The highest BCUT2D eigenvalue weighted by atomic mass is 35.5. The van der Waals surface area contributed by atoms with Crippen LogP contribution in [0.4, 0.5) is 36.3 Å². The minimum Gasteiger partial charge on any atom is -0.408 e. The molecule has 15 heteroatoms. The van der Waals surface area contributed by atoms with Gasteiger partial charge in [-0.15, -0.1) is 0 Å². The molecule has 0 fully saturated rings. The van der Waals surface area contributed by atoms with Crippen LogP contribution in [0.1, 0.15) is 15.9 Å². The molecule has 0 radical (unpaired) electrons. The fourth-order valence-electron chi connectivity index (χ4n) is 2.91. The van der Waals surface area contributed by atoms with Crippen molar-refractivity contribution in [2.45, 2.75) is 13.1 Å². The molecule has 2 aromatic heterocycles. The maximum absolute atomic E-state index is 12.2. The van der Waals surface area contributed by atoms with Crippen LogP contribution in [0, 0.1) is 6.92 Å². The summed E-state index contributed by atoms with van der Waals surface area (Å²) in [6.07, 6.45) is -3.72. The second-order valence-corrected chi connectivity index (χ2v) is 7.62. The first-order valence-electron chi connectivity index (χ1n) is 9.88. The molecule has 1 amide bonds. The Kier molecular flexibility index (Phi) is 6.53. The number of hydroxylamine groups is 1. The first-order chi connectivity index (χ1) is 17.0. The predicted octanol–water partition coefficient (Wildman–Crippen LogP) is 4.11. The normalized spacial score (nSPS) is 11.2. The molecule has 186 valence electrons. The zero-order valence-electron chi connectivity index (χ0n) is 18.0. The number of carbonyl (C=O) groups excluding carboxylic acids is 2. The number of aryl methyl sites for hydroxylation is 1. The first kappa shape index (κ1) is 24.5. The van der Waals surface area contributed by atoms with E-state index in [0.29, 0.717) is 33.9 Å². The Morgan fingerprint density at radius 1 is 1.11 bits per heavy atom. The Balaban J connectivity index is 1.46. The summed E-state index contributed by atoms with van der Waals surface area (Å²) < 4.78 is 41.5. The number of hydrogen-bond donors (Lipinski definition) is 4. The van der Waals surface area contributed by atoms with Gasteiger partial charge in [0, 0.05) is 23.1 Å². The topological polar surface area (TPSA) is 151 Å². The first-order valence-corrected chi connectivity index (χ1v) is 10.3. The average Bonchev–Trinajstić information content (AvgIpc) is 3.18. The highest BCUT2D eigenvalue weighted by Gasteiger charge is 2.42. The Morgan fingerprint density at radius 3 is 2.56 bits per heavy atom. The molecule has 0 aliphatic heterocycles. The Hall–Kier alpha value is -4.59. The molecule has 0 atom stereocenters. The third kappa shape index (κ3) is 5.55. The van der Waals surface area contributed by atoms with Crippen molar-refractivity contribution < 1.29 is 32.0 Å². The number of anilines is 4. The summed E-state index contributed by atoms with van der Waals surface area (Å²) >= 11 is 6.06. The van der Waals surface area contributed by atoms with Crippen molar-refractivity contribution in [3.8, 4) is 0 Å². The second-order valence-electron chi connectivity index (χ2n) is 7.21. The lowest BCUT2D eigenvalue weighted by Gasteiger charge is -2.12. The molecule has 0 aliphatic carbocycles. The van der Waals surface area contributed by atoms with Crippen LogP contribution in [-0.2, 0) is 9.63 Å². The van der Waals surface area contributed by atoms with Crippen LogP contribution in [0.25, 0.3) is 11.1 Å². The van der Waals surface area contributed by atoms with E-state index in [-0.39, 0.29) is 16.5 Å². The molecule has 2 heterocycles. The molecule has 0 unspecified atom stereocenters. The van der Waals surface area contributed by atoms with E-state index in [1.54, 1.807) is 31.3 Å². The van der Waals surface area contributed by atoms with E-state index in [1.807, 2.05) is 0 Å². The number of hydrogen-bond acceptors (Lipinski definition) is 9. The fourth-order valence-corrected chi connectivity index (χ4v) is 3.17. The van der Waals surface area contributed by atoms with Crippen LogP contribution >= 0.6 is 11.6 Å². The van der Waals surface area contributed by atoms with Crippen molar-refractivity contribution in [1.82, 2.24) is 20.4 Å². The Morgan fingerprint density at radius 2 is 1.83 bits per heavy atom. The van der Waals surface area contributed by atoms with E-state index in [1.165, 1.54) is 23.7 Å². The molecule has 4 N–H and O–H groups in total. The van der Waals surface area contributed by atoms with Crippen molar-refractivity contribution in [2.24, 2.45) is 0 Å². The van der Waals surface area contributed by atoms with Gasteiger partial charge in [0.15, 0.2) is 5.58 Å². The van der Waals surface area contributed by atoms with Crippen molar-refractivity contribution in [3.05, 3.63) is 69.3 Å². The Bertz CT molecular complexity index is 1530. The van der Waals surface area contributed by atoms with Crippen molar-refractivity contribution in [2.75, 3.05) is 10.6 Å². The molecule has 0 spiro atoms. The molecule has 0 aliphatic rings. The van der Waals surface area contributed by atoms with Gasteiger partial charge in [-0.1, -0.05) is 11.6 Å². The molecular formula is C21H14ClF3N6O5. The van der Waals surface area contributed by atoms with Crippen LogP contribution in [0.15, 0.2) is 51.8 Å². The third-order valence-electron chi connectivity index (χ3n) is 4.59. The summed E-state index contributed by atoms with van der Waals surface area (Å²) in [7, 11) is 0. The highest BCUT2D eigenvalue weighted by molar-refractivity contribution is 6.34. The summed E-state index contributed by atoms with van der Waals surface area (Å²) in [5, 5.41) is 5.86. The van der Waals surface area contributed by atoms with Crippen molar-refractivity contribution in [3.63, 3.8) is 0 Å². The number of H-pyrrole nitrogens is 1. The number of halogens is 4. The standard InChI is InChI=1S/C21H14ClF3N6O5/c1-9-8-26-19(30-16(9)27-11-3-5-15-14(7-11)29-20(34)35-15)28-10-2-4-12(13(22)6-10)17(32)31-36-18(33)21(23,24)25/h2-8H,1H3,(H,29,34)(H,31,32)(H2,26,27,28,30). The van der Waals surface area contributed by atoms with Crippen LogP contribution in [0.2, 0.25) is 5.02 Å². The molecule has 11 nitrogen and oxygen atoms in total. The molecule has 0 saturated heterocycles. The summed E-state index contributed by atoms with van der Waals surface area (Å²) in [5.74, 6) is -3.70. The minimum absolute atomic E-state index is 0.145. The number of rotatable bonds is 5. The molecule has 4 rings (SSSR count). The van der Waals surface area contributed by atoms with Crippen LogP contribution in [0.3, 0.4) is 0 Å². The summed E-state index contributed by atoms with van der Waals surface area (Å²) in [4.78, 5) is 48.9. The van der Waals surface area contributed by atoms with Gasteiger partial charge in [-0.3, -0.25) is 9.78 Å². The van der Waals surface area contributed by atoms with E-state index in [9.17, 15) is 27.6 Å². The Labute approximate surface area is 203 Å². The number of amides is 1. The van der Waals surface area contributed by atoms with E-state index in [4.69, 9.17) is 16.0 Å². The second kappa shape index (κ2) is 9.58. The van der Waals surface area contributed by atoms with Gasteiger partial charge in [0.1, 0.15) is 5.82 Å². The maximum Gasteiger partial charge on any atom is 0.493 e. The number of nitrogens with one attached hydrogen (secondary N) is 4. The lowest BCUT2D eigenvalue weighted by Crippen LogP contribution is -2.34. The molecule has 0 saturated carbocycles.